The van der Waals surface area contributed by atoms with Gasteiger partial charge in [-0.1, -0.05) is 0 Å². The average molecular weight is 346 g/mol. The zero-order valence-electron chi connectivity index (χ0n) is 13.7. The van der Waals surface area contributed by atoms with E-state index in [0.29, 0.717) is 11.1 Å². The Morgan fingerprint density at radius 1 is 1.09 bits per heavy atom. The summed E-state index contributed by atoms with van der Waals surface area (Å²) in [4.78, 5) is 11.4. The Kier molecular flexibility index (Phi) is 7.63. The maximum Gasteiger partial charge on any atom is 0.316 e. The fraction of sp³-hybridized carbons (Fsp3) is 0.533. The molecule has 1 aromatic rings. The van der Waals surface area contributed by atoms with Crippen LogP contribution in [-0.2, 0) is 30.9 Å². The van der Waals surface area contributed by atoms with Crippen LogP contribution in [0.4, 0.5) is 0 Å². The molecule has 8 heteroatoms. The third kappa shape index (κ3) is 5.58. The molecule has 0 aromatic heterocycles. The maximum atomic E-state index is 12.4. The molecule has 0 atom stereocenters. The smallest absolute Gasteiger partial charge is 0.316 e. The predicted octanol–water partition coefficient (Wildman–Crippen LogP) is 1.41. The normalized spacial score (nSPS) is 11.7. The zero-order valence-corrected chi connectivity index (χ0v) is 14.5. The van der Waals surface area contributed by atoms with Crippen LogP contribution in [0.2, 0.25) is 0 Å². The average Bonchev–Trinajstić information content (AvgIpc) is 2.48. The van der Waals surface area contributed by atoms with Gasteiger partial charge in [-0.3, -0.25) is 4.79 Å². The molecule has 0 aliphatic rings. The number of benzene rings is 1. The molecule has 0 bridgehead atoms. The van der Waals surface area contributed by atoms with Crippen molar-refractivity contribution in [3.05, 3.63) is 29.3 Å². The molecular weight excluding hydrogens is 324 g/mol. The Labute approximate surface area is 136 Å². The van der Waals surface area contributed by atoms with Crippen LogP contribution < -0.4 is 4.18 Å². The zero-order chi connectivity index (χ0) is 17.5. The van der Waals surface area contributed by atoms with Gasteiger partial charge in [-0.05, 0) is 25.1 Å². The molecule has 0 unspecified atom stereocenters. The molecule has 1 aromatic carbocycles. The second-order valence-corrected chi connectivity index (χ2v) is 6.74. The molecule has 7 nitrogen and oxygen atoms in total. The van der Waals surface area contributed by atoms with Gasteiger partial charge >= 0.3 is 10.1 Å². The monoisotopic (exact) mass is 346 g/mol. The van der Waals surface area contributed by atoms with Gasteiger partial charge in [0.25, 0.3) is 0 Å². The molecule has 0 aliphatic heterocycles. The third-order valence-corrected chi connectivity index (χ3v) is 4.59. The molecule has 0 spiro atoms. The van der Waals surface area contributed by atoms with Crippen molar-refractivity contribution in [2.75, 3.05) is 34.5 Å². The third-order valence-electron chi connectivity index (χ3n) is 3.09. The van der Waals surface area contributed by atoms with E-state index in [-0.39, 0.29) is 31.4 Å². The van der Waals surface area contributed by atoms with Gasteiger partial charge in [-0.2, -0.15) is 8.42 Å². The lowest BCUT2D eigenvalue weighted by atomic mass is 10.1. The van der Waals surface area contributed by atoms with Crippen LogP contribution >= 0.6 is 0 Å². The fourth-order valence-corrected chi connectivity index (χ4v) is 3.08. The summed E-state index contributed by atoms with van der Waals surface area (Å²) in [5.41, 5.74) is 0.921. The Balaban J connectivity index is 3.12. The second-order valence-electron chi connectivity index (χ2n) is 4.92. The first-order chi connectivity index (χ1) is 10.9. The quantitative estimate of drug-likeness (QED) is 0.467. The van der Waals surface area contributed by atoms with Crippen molar-refractivity contribution in [3.8, 4) is 5.75 Å². The molecule has 0 N–H and O–H groups in total. The summed E-state index contributed by atoms with van der Waals surface area (Å²) in [5, 5.41) is -0.958. The van der Waals surface area contributed by atoms with E-state index in [1.165, 1.54) is 40.4 Å². The molecule has 23 heavy (non-hydrogen) atoms. The highest BCUT2D eigenvalue weighted by Crippen LogP contribution is 2.24. The summed E-state index contributed by atoms with van der Waals surface area (Å²) in [5.74, 6) is -0.0116. The van der Waals surface area contributed by atoms with Crippen molar-refractivity contribution >= 4 is 15.9 Å². The van der Waals surface area contributed by atoms with Gasteiger partial charge in [-0.15, -0.1) is 0 Å². The van der Waals surface area contributed by atoms with E-state index in [4.69, 9.17) is 18.4 Å². The molecule has 0 heterocycles. The summed E-state index contributed by atoms with van der Waals surface area (Å²) in [6.45, 7) is 1.43. The lowest BCUT2D eigenvalue weighted by Gasteiger charge is -2.18. The molecule has 130 valence electrons. The van der Waals surface area contributed by atoms with Crippen molar-refractivity contribution in [2.45, 2.75) is 18.8 Å². The van der Waals surface area contributed by atoms with Crippen LogP contribution in [-0.4, -0.2) is 54.0 Å². The number of ketones is 1. The number of hydrogen-bond acceptors (Lipinski definition) is 7. The molecule has 0 radical (unpaired) electrons. The molecule has 0 fully saturated rings. The summed E-state index contributed by atoms with van der Waals surface area (Å²) < 4.78 is 44.8. The van der Waals surface area contributed by atoms with E-state index >= 15 is 0 Å². The van der Waals surface area contributed by atoms with Gasteiger partial charge in [-0.25, -0.2) is 0 Å². The van der Waals surface area contributed by atoms with Gasteiger partial charge < -0.3 is 18.4 Å². The van der Waals surface area contributed by atoms with Crippen LogP contribution in [0.1, 0.15) is 22.8 Å². The molecular formula is C15H22O7S. The Bertz CT molecular complexity index is 619. The Hall–Kier alpha value is -1.48. The maximum absolute atomic E-state index is 12.4. The van der Waals surface area contributed by atoms with Gasteiger partial charge in [0.15, 0.2) is 5.78 Å². The van der Waals surface area contributed by atoms with Crippen molar-refractivity contribution in [3.63, 3.8) is 0 Å². The highest BCUT2D eigenvalue weighted by molar-refractivity contribution is 7.87. The molecule has 0 saturated carbocycles. The first-order valence-electron chi connectivity index (χ1n) is 6.89. The highest BCUT2D eigenvalue weighted by atomic mass is 32.2. The van der Waals surface area contributed by atoms with Crippen LogP contribution in [0, 0.1) is 0 Å². The van der Waals surface area contributed by atoms with Crippen LogP contribution in [0.5, 0.6) is 5.75 Å². The van der Waals surface area contributed by atoms with Gasteiger partial charge in [0.1, 0.15) is 11.0 Å². The minimum Gasteiger partial charge on any atom is -0.383 e. The summed E-state index contributed by atoms with van der Waals surface area (Å²) in [6.07, 6.45) is 0. The van der Waals surface area contributed by atoms with E-state index < -0.39 is 15.4 Å². The molecule has 1 rings (SSSR count). The van der Waals surface area contributed by atoms with Crippen LogP contribution in [0.25, 0.3) is 0 Å². The topological polar surface area (TPSA) is 88.1 Å². The minimum absolute atomic E-state index is 0.0543. The number of methoxy groups -OCH3 is 3. The van der Waals surface area contributed by atoms with E-state index in [9.17, 15) is 13.2 Å². The van der Waals surface area contributed by atoms with Crippen molar-refractivity contribution in [1.82, 2.24) is 0 Å². The molecule has 0 amide bonds. The number of rotatable bonds is 10. The number of carbonyl (C=O) groups is 1. The summed E-state index contributed by atoms with van der Waals surface area (Å²) in [6, 6.07) is 4.51. The van der Waals surface area contributed by atoms with Crippen LogP contribution in [0.3, 0.4) is 0 Å². The molecule has 0 aliphatic carbocycles. The van der Waals surface area contributed by atoms with Crippen molar-refractivity contribution < 1.29 is 31.6 Å². The van der Waals surface area contributed by atoms with Crippen molar-refractivity contribution in [2.24, 2.45) is 0 Å². The number of hydrogen-bond donors (Lipinski definition) is 0. The fourth-order valence-electron chi connectivity index (χ4n) is 1.93. The van der Waals surface area contributed by atoms with Gasteiger partial charge in [0.2, 0.25) is 0 Å². The van der Waals surface area contributed by atoms with Gasteiger partial charge in [0, 0.05) is 32.5 Å². The SMILES string of the molecule is COCc1cc(C(C)=O)ccc1OS(=O)(=O)C(COC)COC. The second kappa shape index (κ2) is 8.97. The van der Waals surface area contributed by atoms with Crippen LogP contribution in [0.15, 0.2) is 18.2 Å². The highest BCUT2D eigenvalue weighted by Gasteiger charge is 2.28. The summed E-state index contributed by atoms with van der Waals surface area (Å²) >= 11 is 0. The molecule has 0 saturated heterocycles. The van der Waals surface area contributed by atoms with E-state index in [0.717, 1.165) is 0 Å². The standard InChI is InChI=1S/C15H22O7S/c1-11(16)12-5-6-15(13(7-12)8-19-2)22-23(17,18)14(9-20-3)10-21-4/h5-7,14H,8-10H2,1-4H3. The number of Topliss-reactive ketones (excluding diaryl/α,β-unsaturated/α-hetero) is 1. The first kappa shape index (κ1) is 19.6. The Morgan fingerprint density at radius 2 is 1.70 bits per heavy atom. The lowest BCUT2D eigenvalue weighted by Crippen LogP contribution is -2.34. The predicted molar refractivity (Wildman–Crippen MR) is 84.2 cm³/mol. The Morgan fingerprint density at radius 3 is 2.17 bits per heavy atom. The largest absolute Gasteiger partial charge is 0.383 e. The first-order valence-corrected chi connectivity index (χ1v) is 8.36. The van der Waals surface area contributed by atoms with E-state index in [1.54, 1.807) is 6.07 Å². The number of ether oxygens (including phenoxy) is 3. The van der Waals surface area contributed by atoms with E-state index in [1.807, 2.05) is 0 Å². The summed E-state index contributed by atoms with van der Waals surface area (Å²) in [7, 11) is 0.303. The lowest BCUT2D eigenvalue weighted by molar-refractivity contribution is 0.101. The number of carbonyl (C=O) groups excluding carboxylic acids is 1. The minimum atomic E-state index is -3.96. The van der Waals surface area contributed by atoms with Gasteiger partial charge in [0.05, 0.1) is 19.8 Å². The van der Waals surface area contributed by atoms with Crippen molar-refractivity contribution in [1.29, 1.82) is 0 Å². The van der Waals surface area contributed by atoms with E-state index in [2.05, 4.69) is 0 Å².